The Morgan fingerprint density at radius 2 is 2.11 bits per heavy atom. The van der Waals surface area contributed by atoms with Crippen molar-refractivity contribution in [3.8, 4) is 0 Å². The van der Waals surface area contributed by atoms with Crippen LogP contribution in [0.25, 0.3) is 11.0 Å². The summed E-state index contributed by atoms with van der Waals surface area (Å²) < 4.78 is 0. The molecule has 0 aliphatic carbocycles. The third-order valence-electron chi connectivity index (χ3n) is 2.95. The first kappa shape index (κ1) is 11.3. The van der Waals surface area contributed by atoms with E-state index in [1.54, 1.807) is 17.9 Å². The Balaban J connectivity index is 2.13. The van der Waals surface area contributed by atoms with Crippen LogP contribution in [0.2, 0.25) is 5.15 Å². The largest absolute Gasteiger partial charge is 0.297 e. The van der Waals surface area contributed by atoms with Gasteiger partial charge in [-0.25, -0.2) is 15.0 Å². The number of amides is 1. The van der Waals surface area contributed by atoms with E-state index in [0.29, 0.717) is 40.8 Å². The van der Waals surface area contributed by atoms with Crippen molar-refractivity contribution in [2.24, 2.45) is 0 Å². The second-order valence-corrected chi connectivity index (χ2v) is 4.61. The summed E-state index contributed by atoms with van der Waals surface area (Å²) in [6.45, 7) is 2.49. The molecule has 0 atom stereocenters. The molecule has 3 rings (SSSR count). The number of carbonyl (C=O) groups is 1. The molecule has 0 N–H and O–H groups in total. The number of nitrogens with zero attached hydrogens (tertiary/aromatic N) is 4. The first-order valence-corrected chi connectivity index (χ1v) is 6.14. The van der Waals surface area contributed by atoms with E-state index in [-0.39, 0.29) is 5.91 Å². The van der Waals surface area contributed by atoms with Crippen LogP contribution in [0.3, 0.4) is 0 Å². The van der Waals surface area contributed by atoms with E-state index in [4.69, 9.17) is 11.6 Å². The van der Waals surface area contributed by atoms with E-state index in [1.165, 1.54) is 0 Å². The first-order chi connectivity index (χ1) is 8.65. The molecule has 0 unspecified atom stereocenters. The average molecular weight is 263 g/mol. The highest BCUT2D eigenvalue weighted by molar-refractivity contribution is 6.33. The molecule has 0 spiro atoms. The lowest BCUT2D eigenvalue weighted by Gasteiger charge is -2.14. The van der Waals surface area contributed by atoms with Crippen LogP contribution in [0, 0.1) is 6.92 Å². The number of rotatable bonds is 1. The van der Waals surface area contributed by atoms with Crippen LogP contribution in [0.15, 0.2) is 12.1 Å². The number of hydrogen-bond acceptors (Lipinski definition) is 4. The van der Waals surface area contributed by atoms with Crippen molar-refractivity contribution in [1.29, 1.82) is 0 Å². The maximum Gasteiger partial charge on any atom is 0.228 e. The number of fused-ring (bicyclic) bond motifs is 1. The minimum absolute atomic E-state index is 0.103. The van der Waals surface area contributed by atoms with Crippen molar-refractivity contribution in [2.75, 3.05) is 11.4 Å². The summed E-state index contributed by atoms with van der Waals surface area (Å²) >= 11 is 6.06. The molecule has 92 valence electrons. The third-order valence-corrected chi connectivity index (χ3v) is 3.21. The molecule has 1 aliphatic rings. The molecule has 1 aliphatic heterocycles. The summed E-state index contributed by atoms with van der Waals surface area (Å²) in [6.07, 6.45) is 1.45. The minimum atomic E-state index is 0.103. The van der Waals surface area contributed by atoms with Gasteiger partial charge in [-0.2, -0.15) is 0 Å². The highest BCUT2D eigenvalue weighted by atomic mass is 35.5. The smallest absolute Gasteiger partial charge is 0.228 e. The van der Waals surface area contributed by atoms with E-state index in [2.05, 4.69) is 15.0 Å². The molecule has 2 aromatic rings. The summed E-state index contributed by atoms with van der Waals surface area (Å²) in [5, 5.41) is 0.325. The van der Waals surface area contributed by atoms with Crippen molar-refractivity contribution < 1.29 is 4.79 Å². The quantitative estimate of drug-likeness (QED) is 0.739. The van der Waals surface area contributed by atoms with Crippen LogP contribution in [0.5, 0.6) is 0 Å². The van der Waals surface area contributed by atoms with Crippen molar-refractivity contribution in [3.63, 3.8) is 0 Å². The fourth-order valence-corrected chi connectivity index (χ4v) is 2.38. The maximum absolute atomic E-state index is 11.7. The SMILES string of the molecule is Cc1nc(Cl)c2nc(N3CCCC3=O)ccc2n1. The zero-order chi connectivity index (χ0) is 12.7. The van der Waals surface area contributed by atoms with Crippen LogP contribution in [0.1, 0.15) is 18.7 Å². The first-order valence-electron chi connectivity index (χ1n) is 5.76. The topological polar surface area (TPSA) is 59.0 Å². The zero-order valence-electron chi connectivity index (χ0n) is 9.85. The number of carbonyl (C=O) groups excluding carboxylic acids is 1. The molecule has 0 radical (unpaired) electrons. The molecule has 5 nitrogen and oxygen atoms in total. The van der Waals surface area contributed by atoms with E-state index < -0.39 is 0 Å². The van der Waals surface area contributed by atoms with E-state index in [9.17, 15) is 4.79 Å². The third kappa shape index (κ3) is 1.80. The molecular weight excluding hydrogens is 252 g/mol. The van der Waals surface area contributed by atoms with Gasteiger partial charge in [0.1, 0.15) is 17.2 Å². The molecule has 6 heteroatoms. The minimum Gasteiger partial charge on any atom is -0.297 e. The summed E-state index contributed by atoms with van der Waals surface area (Å²) in [7, 11) is 0. The summed E-state index contributed by atoms with van der Waals surface area (Å²) in [6, 6.07) is 3.62. The molecule has 0 bridgehead atoms. The number of aryl methyl sites for hydroxylation is 1. The Labute approximate surface area is 109 Å². The maximum atomic E-state index is 11.7. The lowest BCUT2D eigenvalue weighted by molar-refractivity contribution is -0.117. The van der Waals surface area contributed by atoms with Gasteiger partial charge < -0.3 is 0 Å². The molecule has 1 saturated heterocycles. The molecule has 0 saturated carbocycles. The number of anilines is 1. The summed E-state index contributed by atoms with van der Waals surface area (Å²) in [5.41, 5.74) is 1.24. The predicted octanol–water partition coefficient (Wildman–Crippen LogP) is 2.11. The van der Waals surface area contributed by atoms with Crippen LogP contribution in [0.4, 0.5) is 5.82 Å². The Kier molecular flexibility index (Phi) is 2.63. The lowest BCUT2D eigenvalue weighted by Crippen LogP contribution is -2.24. The van der Waals surface area contributed by atoms with Gasteiger partial charge >= 0.3 is 0 Å². The standard InChI is InChI=1S/C12H11ClN4O/c1-7-14-8-4-5-9(16-11(8)12(13)15-7)17-6-2-3-10(17)18/h4-5H,2-3,6H2,1H3. The van der Waals surface area contributed by atoms with Crippen molar-refractivity contribution >= 4 is 34.4 Å². The van der Waals surface area contributed by atoms with Gasteiger partial charge in [-0.3, -0.25) is 9.69 Å². The normalized spacial score (nSPS) is 15.7. The zero-order valence-corrected chi connectivity index (χ0v) is 10.6. The Hall–Kier alpha value is -1.75. The van der Waals surface area contributed by atoms with Crippen LogP contribution >= 0.6 is 11.6 Å². The number of hydrogen-bond donors (Lipinski definition) is 0. The Morgan fingerprint density at radius 3 is 2.83 bits per heavy atom. The van der Waals surface area contributed by atoms with Crippen LogP contribution in [-0.4, -0.2) is 27.4 Å². The van der Waals surface area contributed by atoms with Crippen molar-refractivity contribution in [1.82, 2.24) is 15.0 Å². The van der Waals surface area contributed by atoms with Gasteiger partial charge in [0.05, 0.1) is 5.52 Å². The average Bonchev–Trinajstić information content (AvgIpc) is 2.75. The van der Waals surface area contributed by atoms with Crippen LogP contribution < -0.4 is 4.90 Å². The lowest BCUT2D eigenvalue weighted by atomic mass is 10.3. The molecule has 1 fully saturated rings. The highest BCUT2D eigenvalue weighted by Gasteiger charge is 2.23. The van der Waals surface area contributed by atoms with Gasteiger partial charge in [-0.1, -0.05) is 11.6 Å². The van der Waals surface area contributed by atoms with Gasteiger partial charge in [0, 0.05) is 13.0 Å². The molecule has 2 aromatic heterocycles. The van der Waals surface area contributed by atoms with Gasteiger partial charge in [-0.15, -0.1) is 0 Å². The van der Waals surface area contributed by atoms with E-state index in [0.717, 1.165) is 6.42 Å². The fraction of sp³-hybridized carbons (Fsp3) is 0.333. The molecular formula is C12H11ClN4O. The Bertz CT molecular complexity index is 643. The van der Waals surface area contributed by atoms with E-state index in [1.807, 2.05) is 6.07 Å². The predicted molar refractivity (Wildman–Crippen MR) is 68.7 cm³/mol. The number of pyridine rings is 1. The van der Waals surface area contributed by atoms with Crippen molar-refractivity contribution in [2.45, 2.75) is 19.8 Å². The van der Waals surface area contributed by atoms with Gasteiger partial charge in [-0.05, 0) is 25.5 Å². The summed E-state index contributed by atoms with van der Waals surface area (Å²) in [5.74, 6) is 1.34. The molecule has 0 aromatic carbocycles. The second kappa shape index (κ2) is 4.17. The monoisotopic (exact) mass is 262 g/mol. The molecule has 18 heavy (non-hydrogen) atoms. The molecule has 1 amide bonds. The number of halogens is 1. The van der Waals surface area contributed by atoms with Gasteiger partial charge in [0.2, 0.25) is 5.91 Å². The highest BCUT2D eigenvalue weighted by Crippen LogP contribution is 2.24. The van der Waals surface area contributed by atoms with Gasteiger partial charge in [0.25, 0.3) is 0 Å². The molecule has 3 heterocycles. The van der Waals surface area contributed by atoms with Crippen LogP contribution in [-0.2, 0) is 4.79 Å². The summed E-state index contributed by atoms with van der Waals surface area (Å²) in [4.78, 5) is 26.1. The van der Waals surface area contributed by atoms with Crippen molar-refractivity contribution in [3.05, 3.63) is 23.1 Å². The number of aromatic nitrogens is 3. The second-order valence-electron chi connectivity index (χ2n) is 4.25. The fourth-order valence-electron chi connectivity index (χ4n) is 2.12. The van der Waals surface area contributed by atoms with Gasteiger partial charge in [0.15, 0.2) is 5.15 Å². The Morgan fingerprint density at radius 1 is 1.28 bits per heavy atom. The van der Waals surface area contributed by atoms with E-state index >= 15 is 0 Å².